The van der Waals surface area contributed by atoms with E-state index < -0.39 is 12.3 Å². The number of morpholine rings is 1. The van der Waals surface area contributed by atoms with Crippen molar-refractivity contribution in [2.75, 3.05) is 31.6 Å². The number of carbonyl (C=O) groups excluding carboxylic acids is 1. The lowest BCUT2D eigenvalue weighted by Crippen LogP contribution is -2.46. The molecule has 0 aliphatic carbocycles. The number of aliphatic hydroxyl groups excluding tert-OH is 1. The van der Waals surface area contributed by atoms with Gasteiger partial charge in [-0.2, -0.15) is 5.26 Å². The van der Waals surface area contributed by atoms with Crippen LogP contribution in [0.25, 0.3) is 0 Å². The zero-order valence-corrected chi connectivity index (χ0v) is 16.2. The van der Waals surface area contributed by atoms with E-state index in [-0.39, 0.29) is 16.3 Å². The average molecular weight is 422 g/mol. The lowest BCUT2D eigenvalue weighted by Gasteiger charge is -2.31. The maximum atomic E-state index is 12.8. The molecule has 2 N–H and O–H groups in total. The number of hydrogen-bond donors (Lipinski definition) is 2. The van der Waals surface area contributed by atoms with Crippen LogP contribution in [0.1, 0.15) is 15.9 Å². The molecule has 0 bridgehead atoms. The van der Waals surface area contributed by atoms with E-state index in [2.05, 4.69) is 5.32 Å². The largest absolute Gasteiger partial charge is 0.450 e. The van der Waals surface area contributed by atoms with Gasteiger partial charge in [-0.3, -0.25) is 4.79 Å². The number of nitrogens with zero attached hydrogens (tertiary/aromatic N) is 2. The number of nitriles is 1. The summed E-state index contributed by atoms with van der Waals surface area (Å²) in [5, 5.41) is 22.5. The van der Waals surface area contributed by atoms with Crippen molar-refractivity contribution in [1.82, 2.24) is 4.90 Å². The van der Waals surface area contributed by atoms with Gasteiger partial charge in [0.1, 0.15) is 5.75 Å². The molecule has 9 heteroatoms. The minimum atomic E-state index is -1.23. The first-order chi connectivity index (χ1) is 13.5. The zero-order chi connectivity index (χ0) is 20.1. The summed E-state index contributed by atoms with van der Waals surface area (Å²) in [4.78, 5) is 14.5. The lowest BCUT2D eigenvalue weighted by atomic mass is 10.1. The molecule has 2 aromatic carbocycles. The molecule has 1 aliphatic heterocycles. The normalized spacial score (nSPS) is 15.5. The predicted molar refractivity (Wildman–Crippen MR) is 105 cm³/mol. The van der Waals surface area contributed by atoms with Crippen molar-refractivity contribution < 1.29 is 19.4 Å². The van der Waals surface area contributed by atoms with Crippen LogP contribution in [0.5, 0.6) is 5.75 Å². The van der Waals surface area contributed by atoms with E-state index in [1.165, 1.54) is 24.3 Å². The molecule has 0 radical (unpaired) electrons. The standard InChI is InChI=1S/C19H17Cl2N3O4/c20-13-2-4-17(28-19(26)24-5-7-27-8-6-24)14(10-13)18(25)23-16-3-1-12(11-22)9-15(16)21/h1-4,9-10,19,26H,5-8H2,(H,23,25). The van der Waals surface area contributed by atoms with E-state index in [1.54, 1.807) is 17.0 Å². The Hall–Kier alpha value is -2.34. The van der Waals surface area contributed by atoms with E-state index >= 15 is 0 Å². The van der Waals surface area contributed by atoms with Gasteiger partial charge in [0.15, 0.2) is 0 Å². The smallest absolute Gasteiger partial charge is 0.259 e. The highest BCUT2D eigenvalue weighted by Crippen LogP contribution is 2.28. The van der Waals surface area contributed by atoms with E-state index in [1.807, 2.05) is 6.07 Å². The fourth-order valence-corrected chi connectivity index (χ4v) is 3.04. The average Bonchev–Trinajstić information content (AvgIpc) is 2.71. The number of ether oxygens (including phenoxy) is 2. The van der Waals surface area contributed by atoms with Gasteiger partial charge in [0.25, 0.3) is 12.3 Å². The number of carbonyl (C=O) groups is 1. The van der Waals surface area contributed by atoms with Crippen LogP contribution in [0.3, 0.4) is 0 Å². The number of benzene rings is 2. The van der Waals surface area contributed by atoms with Crippen LogP contribution in [-0.2, 0) is 4.74 Å². The van der Waals surface area contributed by atoms with Crippen molar-refractivity contribution in [3.05, 3.63) is 57.6 Å². The highest BCUT2D eigenvalue weighted by atomic mass is 35.5. The molecule has 0 aromatic heterocycles. The van der Waals surface area contributed by atoms with Gasteiger partial charge in [-0.15, -0.1) is 0 Å². The Bertz CT molecular complexity index is 911. The van der Waals surface area contributed by atoms with Gasteiger partial charge in [0.05, 0.1) is 41.1 Å². The number of anilines is 1. The minimum Gasteiger partial charge on any atom is -0.450 e. The number of halogens is 2. The molecule has 1 fully saturated rings. The summed E-state index contributed by atoms with van der Waals surface area (Å²) >= 11 is 12.1. The zero-order valence-electron chi connectivity index (χ0n) is 14.7. The molecule has 146 valence electrons. The molecular formula is C19H17Cl2N3O4. The first kappa shape index (κ1) is 20.4. The Kier molecular flexibility index (Phi) is 6.73. The third-order valence-corrected chi connectivity index (χ3v) is 4.67. The number of rotatable bonds is 5. The molecule has 28 heavy (non-hydrogen) atoms. The molecule has 1 heterocycles. The van der Waals surface area contributed by atoms with Crippen LogP contribution >= 0.6 is 23.2 Å². The first-order valence-electron chi connectivity index (χ1n) is 8.45. The molecule has 0 spiro atoms. The fourth-order valence-electron chi connectivity index (χ4n) is 2.64. The van der Waals surface area contributed by atoms with Gasteiger partial charge in [-0.1, -0.05) is 23.2 Å². The van der Waals surface area contributed by atoms with Crippen molar-refractivity contribution in [3.8, 4) is 11.8 Å². The summed E-state index contributed by atoms with van der Waals surface area (Å²) in [6.07, 6.45) is -1.23. The molecule has 1 atom stereocenters. The highest BCUT2D eigenvalue weighted by Gasteiger charge is 2.23. The van der Waals surface area contributed by atoms with Gasteiger partial charge >= 0.3 is 0 Å². The van der Waals surface area contributed by atoms with Crippen molar-refractivity contribution in [2.24, 2.45) is 0 Å². The minimum absolute atomic E-state index is 0.139. The molecule has 1 saturated heterocycles. The van der Waals surface area contributed by atoms with Gasteiger partial charge < -0.3 is 19.9 Å². The monoisotopic (exact) mass is 421 g/mol. The molecule has 1 aliphatic rings. The van der Waals surface area contributed by atoms with E-state index in [0.717, 1.165) is 0 Å². The Morgan fingerprint density at radius 3 is 2.68 bits per heavy atom. The van der Waals surface area contributed by atoms with Crippen molar-refractivity contribution >= 4 is 34.8 Å². The lowest BCUT2D eigenvalue weighted by molar-refractivity contribution is -0.159. The van der Waals surface area contributed by atoms with Crippen LogP contribution in [0.2, 0.25) is 10.0 Å². The van der Waals surface area contributed by atoms with Gasteiger partial charge in [-0.05, 0) is 36.4 Å². The Morgan fingerprint density at radius 2 is 2.00 bits per heavy atom. The maximum Gasteiger partial charge on any atom is 0.259 e. The van der Waals surface area contributed by atoms with Gasteiger partial charge in [0.2, 0.25) is 0 Å². The van der Waals surface area contributed by atoms with Crippen molar-refractivity contribution in [3.63, 3.8) is 0 Å². The third kappa shape index (κ3) is 4.93. The predicted octanol–water partition coefficient (Wildman–Crippen LogP) is 3.10. The molecule has 1 unspecified atom stereocenters. The summed E-state index contributed by atoms with van der Waals surface area (Å²) in [6.45, 7) is 2.01. The van der Waals surface area contributed by atoms with E-state index in [9.17, 15) is 9.90 Å². The maximum absolute atomic E-state index is 12.8. The topological polar surface area (TPSA) is 94.8 Å². The summed E-state index contributed by atoms with van der Waals surface area (Å²) < 4.78 is 10.8. The van der Waals surface area contributed by atoms with E-state index in [4.69, 9.17) is 37.9 Å². The third-order valence-electron chi connectivity index (χ3n) is 4.12. The number of nitrogens with one attached hydrogen (secondary N) is 1. The summed E-state index contributed by atoms with van der Waals surface area (Å²) in [7, 11) is 0. The second-order valence-corrected chi connectivity index (χ2v) is 6.84. The van der Waals surface area contributed by atoms with Crippen LogP contribution in [0.15, 0.2) is 36.4 Å². The van der Waals surface area contributed by atoms with Crippen LogP contribution in [0, 0.1) is 11.3 Å². The van der Waals surface area contributed by atoms with Crippen LogP contribution < -0.4 is 10.1 Å². The molecule has 0 saturated carbocycles. The Balaban J connectivity index is 1.79. The highest BCUT2D eigenvalue weighted by molar-refractivity contribution is 6.34. The number of hydrogen-bond acceptors (Lipinski definition) is 6. The Morgan fingerprint density at radius 1 is 1.25 bits per heavy atom. The molecule has 1 amide bonds. The second-order valence-electron chi connectivity index (χ2n) is 5.99. The van der Waals surface area contributed by atoms with Crippen molar-refractivity contribution in [1.29, 1.82) is 5.26 Å². The van der Waals surface area contributed by atoms with Crippen molar-refractivity contribution in [2.45, 2.75) is 6.41 Å². The summed E-state index contributed by atoms with van der Waals surface area (Å²) in [6, 6.07) is 11.0. The summed E-state index contributed by atoms with van der Waals surface area (Å²) in [5.41, 5.74) is 0.856. The molecular weight excluding hydrogens is 405 g/mol. The first-order valence-corrected chi connectivity index (χ1v) is 9.20. The summed E-state index contributed by atoms with van der Waals surface area (Å²) in [5.74, 6) is -0.344. The van der Waals surface area contributed by atoms with Crippen LogP contribution in [-0.4, -0.2) is 48.6 Å². The quantitative estimate of drug-likeness (QED) is 0.720. The SMILES string of the molecule is N#Cc1ccc(NC(=O)c2cc(Cl)ccc2OC(O)N2CCOCC2)c(Cl)c1. The molecule has 2 aromatic rings. The number of aliphatic hydroxyl groups is 1. The Labute approximate surface area is 172 Å². The van der Waals surface area contributed by atoms with Crippen LogP contribution in [0.4, 0.5) is 5.69 Å². The molecule has 7 nitrogen and oxygen atoms in total. The molecule has 3 rings (SSSR count). The second kappa shape index (κ2) is 9.24. The fraction of sp³-hybridized carbons (Fsp3) is 0.263. The van der Waals surface area contributed by atoms with Gasteiger partial charge in [0, 0.05) is 18.1 Å². The van der Waals surface area contributed by atoms with Gasteiger partial charge in [-0.25, -0.2) is 4.90 Å². The van der Waals surface area contributed by atoms with E-state index in [0.29, 0.717) is 42.6 Å². The number of amides is 1.